The summed E-state index contributed by atoms with van der Waals surface area (Å²) in [5.41, 5.74) is -2.94. The molecule has 1 aliphatic heterocycles. The van der Waals surface area contributed by atoms with Gasteiger partial charge in [0.05, 0.1) is 12.0 Å². The highest BCUT2D eigenvalue weighted by Crippen LogP contribution is 2.64. The third-order valence-electron chi connectivity index (χ3n) is 7.16. The van der Waals surface area contributed by atoms with Gasteiger partial charge in [-0.25, -0.2) is 0 Å². The minimum absolute atomic E-state index is 0.138. The lowest BCUT2D eigenvalue weighted by atomic mass is 9.70. The molecule has 0 spiro atoms. The second-order valence-corrected chi connectivity index (χ2v) is 8.97. The summed E-state index contributed by atoms with van der Waals surface area (Å²) in [6, 6.07) is 0. The molecule has 0 aromatic heterocycles. The number of carbonyl (C=O) groups is 3. The molecule has 1 heterocycles. The number of ketones is 1. The molecule has 0 bridgehead atoms. The number of hydrogen-bond acceptors (Lipinski definition) is 5. The van der Waals surface area contributed by atoms with Crippen molar-refractivity contribution in [1.29, 1.82) is 0 Å². The molecule has 3 rings (SSSR count). The largest absolute Gasteiger partial charge is 0.481 e. The maximum Gasteiger partial charge on any atom is 0.313 e. The SMILES string of the molecule is C=CCCCCN(C)C(=O)C1CC(O)CC1C(=O)C1(C2(C(=O)O)CC2C=C)C=CC=N1. The molecular formula is C24H32N2O5. The zero-order chi connectivity index (χ0) is 22.8. The first-order chi connectivity index (χ1) is 14.7. The number of carboxylic acids is 1. The van der Waals surface area contributed by atoms with Crippen molar-refractivity contribution in [2.45, 2.75) is 50.2 Å². The lowest BCUT2D eigenvalue weighted by Crippen LogP contribution is -2.52. The van der Waals surface area contributed by atoms with Gasteiger partial charge in [-0.3, -0.25) is 19.4 Å². The smallest absolute Gasteiger partial charge is 0.313 e. The minimum atomic E-state index is -1.56. The predicted molar refractivity (Wildman–Crippen MR) is 118 cm³/mol. The Kier molecular flexibility index (Phi) is 6.65. The molecule has 0 radical (unpaired) electrons. The number of carbonyl (C=O) groups excluding carboxylic acids is 2. The van der Waals surface area contributed by atoms with Crippen LogP contribution in [0, 0.1) is 23.2 Å². The zero-order valence-corrected chi connectivity index (χ0v) is 18.1. The van der Waals surface area contributed by atoms with Gasteiger partial charge in [-0.1, -0.05) is 12.2 Å². The standard InChI is InChI=1S/C24H32N2O5/c1-4-6-7-8-12-26(3)21(29)19-14-17(27)13-18(19)20(28)24(10-9-11-25-24)23(22(30)31)15-16(23)5-2/h4-5,9-11,16-19,27H,1-2,6-8,12-15H2,3H3,(H,30,31). The van der Waals surface area contributed by atoms with Crippen LogP contribution >= 0.6 is 0 Å². The normalized spacial score (nSPS) is 35.7. The Hall–Kier alpha value is -2.54. The van der Waals surface area contributed by atoms with Crippen LogP contribution in [-0.4, -0.2) is 64.2 Å². The fourth-order valence-electron chi connectivity index (χ4n) is 5.32. The van der Waals surface area contributed by atoms with Gasteiger partial charge in [0.25, 0.3) is 0 Å². The van der Waals surface area contributed by atoms with Crippen LogP contribution in [0.15, 0.2) is 42.5 Å². The number of unbranched alkanes of at least 4 members (excludes halogenated alkanes) is 2. The molecule has 0 saturated heterocycles. The first-order valence-corrected chi connectivity index (χ1v) is 10.9. The van der Waals surface area contributed by atoms with E-state index >= 15 is 0 Å². The number of carboxylic acid groups (broad SMARTS) is 1. The number of nitrogens with zero attached hydrogens (tertiary/aromatic N) is 2. The fraction of sp³-hybridized carbons (Fsp3) is 0.583. The molecule has 2 fully saturated rings. The number of aliphatic hydroxyl groups excluding tert-OH is 1. The van der Waals surface area contributed by atoms with Crippen molar-refractivity contribution in [3.05, 3.63) is 37.5 Å². The maximum absolute atomic E-state index is 13.8. The monoisotopic (exact) mass is 428 g/mol. The van der Waals surface area contributed by atoms with Gasteiger partial charge in [-0.2, -0.15) is 0 Å². The molecule has 0 aromatic rings. The van der Waals surface area contributed by atoms with Gasteiger partial charge < -0.3 is 15.1 Å². The highest BCUT2D eigenvalue weighted by molar-refractivity contribution is 6.05. The van der Waals surface area contributed by atoms with E-state index in [9.17, 15) is 24.6 Å². The Morgan fingerprint density at radius 3 is 2.48 bits per heavy atom. The van der Waals surface area contributed by atoms with Crippen LogP contribution in [0.3, 0.4) is 0 Å². The highest BCUT2D eigenvalue weighted by Gasteiger charge is 2.74. The van der Waals surface area contributed by atoms with Crippen LogP contribution in [0.25, 0.3) is 0 Å². The molecule has 2 N–H and O–H groups in total. The molecule has 168 valence electrons. The molecule has 7 nitrogen and oxygen atoms in total. The second kappa shape index (κ2) is 8.91. The first kappa shape index (κ1) is 23.1. The van der Waals surface area contributed by atoms with Gasteiger partial charge in [0.2, 0.25) is 5.91 Å². The summed E-state index contributed by atoms with van der Waals surface area (Å²) in [5.74, 6) is -3.49. The number of hydrogen-bond donors (Lipinski definition) is 2. The molecule has 1 amide bonds. The van der Waals surface area contributed by atoms with Gasteiger partial charge in [-0.15, -0.1) is 13.2 Å². The number of rotatable bonds is 11. The Morgan fingerprint density at radius 2 is 1.94 bits per heavy atom. The van der Waals surface area contributed by atoms with Gasteiger partial charge in [0.15, 0.2) is 11.3 Å². The van der Waals surface area contributed by atoms with Crippen LogP contribution in [0.2, 0.25) is 0 Å². The summed E-state index contributed by atoms with van der Waals surface area (Å²) in [7, 11) is 1.71. The van der Waals surface area contributed by atoms with E-state index in [1.54, 1.807) is 30.2 Å². The number of aliphatic imine (C=N–C) groups is 1. The molecule has 7 heteroatoms. The predicted octanol–water partition coefficient (Wildman–Crippen LogP) is 2.41. The van der Waals surface area contributed by atoms with Crippen molar-refractivity contribution >= 4 is 23.9 Å². The number of amides is 1. The van der Waals surface area contributed by atoms with Crippen molar-refractivity contribution in [1.82, 2.24) is 4.90 Å². The van der Waals surface area contributed by atoms with E-state index in [0.29, 0.717) is 6.54 Å². The Morgan fingerprint density at radius 1 is 1.23 bits per heavy atom. The molecule has 3 aliphatic rings. The molecule has 6 atom stereocenters. The van der Waals surface area contributed by atoms with Crippen LogP contribution in [0.1, 0.15) is 38.5 Å². The number of aliphatic hydroxyl groups is 1. The van der Waals surface area contributed by atoms with Crippen molar-refractivity contribution in [2.75, 3.05) is 13.6 Å². The van der Waals surface area contributed by atoms with Crippen molar-refractivity contribution in [2.24, 2.45) is 28.2 Å². The first-order valence-electron chi connectivity index (χ1n) is 10.9. The van der Waals surface area contributed by atoms with E-state index in [-0.39, 0.29) is 36.9 Å². The zero-order valence-electron chi connectivity index (χ0n) is 18.1. The fourth-order valence-corrected chi connectivity index (χ4v) is 5.32. The summed E-state index contributed by atoms with van der Waals surface area (Å²) in [4.78, 5) is 45.3. The molecule has 2 aliphatic carbocycles. The maximum atomic E-state index is 13.8. The summed E-state index contributed by atoms with van der Waals surface area (Å²) in [5, 5.41) is 20.4. The van der Waals surface area contributed by atoms with E-state index in [1.165, 1.54) is 6.21 Å². The molecule has 2 saturated carbocycles. The number of aliphatic carboxylic acids is 1. The Balaban J connectivity index is 1.85. The summed E-state index contributed by atoms with van der Waals surface area (Å²) in [6.07, 6.45) is 10.4. The number of allylic oxidation sites excluding steroid dienone is 3. The lowest BCUT2D eigenvalue weighted by molar-refractivity contribution is -0.150. The molecular weight excluding hydrogens is 396 g/mol. The molecule has 6 unspecified atom stereocenters. The topological polar surface area (TPSA) is 107 Å². The highest BCUT2D eigenvalue weighted by atomic mass is 16.4. The van der Waals surface area contributed by atoms with E-state index in [2.05, 4.69) is 18.2 Å². The third-order valence-corrected chi connectivity index (χ3v) is 7.16. The van der Waals surface area contributed by atoms with Crippen molar-refractivity contribution in [3.63, 3.8) is 0 Å². The van der Waals surface area contributed by atoms with Crippen LogP contribution in [-0.2, 0) is 14.4 Å². The lowest BCUT2D eigenvalue weighted by Gasteiger charge is -2.34. The average Bonchev–Trinajstić information content (AvgIpc) is 3.09. The third kappa shape index (κ3) is 3.80. The van der Waals surface area contributed by atoms with Gasteiger partial charge in [-0.05, 0) is 56.6 Å². The summed E-state index contributed by atoms with van der Waals surface area (Å²) < 4.78 is 0. The van der Waals surface area contributed by atoms with E-state index in [4.69, 9.17) is 0 Å². The molecule has 0 aromatic carbocycles. The van der Waals surface area contributed by atoms with Crippen molar-refractivity contribution < 1.29 is 24.6 Å². The Bertz CT molecular complexity index is 820. The van der Waals surface area contributed by atoms with Crippen LogP contribution in [0.4, 0.5) is 0 Å². The molecule has 31 heavy (non-hydrogen) atoms. The van der Waals surface area contributed by atoms with Crippen molar-refractivity contribution in [3.8, 4) is 0 Å². The minimum Gasteiger partial charge on any atom is -0.481 e. The van der Waals surface area contributed by atoms with E-state index in [0.717, 1.165) is 19.3 Å². The van der Waals surface area contributed by atoms with Gasteiger partial charge in [0, 0.05) is 25.7 Å². The summed E-state index contributed by atoms with van der Waals surface area (Å²) >= 11 is 0. The van der Waals surface area contributed by atoms with E-state index < -0.39 is 34.9 Å². The van der Waals surface area contributed by atoms with Gasteiger partial charge in [0.1, 0.15) is 5.41 Å². The second-order valence-electron chi connectivity index (χ2n) is 8.97. The Labute approximate surface area is 183 Å². The quantitative estimate of drug-likeness (QED) is 0.388. The van der Waals surface area contributed by atoms with Gasteiger partial charge >= 0.3 is 5.97 Å². The van der Waals surface area contributed by atoms with Crippen LogP contribution < -0.4 is 0 Å². The van der Waals surface area contributed by atoms with E-state index in [1.807, 2.05) is 6.08 Å². The number of Topliss-reactive ketones (excluding diaryl/α,β-unsaturated/α-hetero) is 1. The van der Waals surface area contributed by atoms with Crippen LogP contribution in [0.5, 0.6) is 0 Å². The summed E-state index contributed by atoms with van der Waals surface area (Å²) in [6.45, 7) is 7.97. The average molecular weight is 429 g/mol.